The van der Waals surface area contributed by atoms with Crippen LogP contribution in [0.25, 0.3) is 0 Å². The molecule has 0 unspecified atom stereocenters. The van der Waals surface area contributed by atoms with Crippen LogP contribution < -0.4 is 0 Å². The van der Waals surface area contributed by atoms with E-state index in [-0.39, 0.29) is 5.91 Å². The van der Waals surface area contributed by atoms with Crippen LogP contribution >= 0.6 is 12.6 Å². The van der Waals surface area contributed by atoms with E-state index in [1.165, 1.54) is 38.5 Å². The predicted molar refractivity (Wildman–Crippen MR) is 126 cm³/mol. The van der Waals surface area contributed by atoms with Crippen LogP contribution in [-0.2, 0) is 28.5 Å². The third kappa shape index (κ3) is 18.9. The number of amides is 1. The molecule has 1 aliphatic rings. The molecule has 31 heavy (non-hydrogen) atoms. The van der Waals surface area contributed by atoms with E-state index >= 15 is 0 Å². The van der Waals surface area contributed by atoms with Crippen molar-refractivity contribution in [2.45, 2.75) is 57.8 Å². The summed E-state index contributed by atoms with van der Waals surface area (Å²) in [6, 6.07) is 0. The van der Waals surface area contributed by atoms with Crippen molar-refractivity contribution >= 4 is 18.5 Å². The Morgan fingerprint density at radius 3 is 1.32 bits per heavy atom. The Labute approximate surface area is 194 Å². The van der Waals surface area contributed by atoms with Gasteiger partial charge < -0.3 is 28.6 Å². The summed E-state index contributed by atoms with van der Waals surface area (Å²) in [4.78, 5) is 14.5. The topological polar surface area (TPSA) is 66.5 Å². The number of hydrogen-bond acceptors (Lipinski definition) is 7. The van der Waals surface area contributed by atoms with Crippen LogP contribution in [0.15, 0.2) is 0 Å². The van der Waals surface area contributed by atoms with Gasteiger partial charge in [-0.05, 0) is 18.6 Å². The molecule has 1 amide bonds. The second kappa shape index (κ2) is 22.8. The molecule has 0 atom stereocenters. The zero-order valence-corrected chi connectivity index (χ0v) is 20.3. The van der Waals surface area contributed by atoms with E-state index in [0.717, 1.165) is 18.6 Å². The van der Waals surface area contributed by atoms with Gasteiger partial charge in [-0.1, -0.05) is 38.5 Å². The highest BCUT2D eigenvalue weighted by molar-refractivity contribution is 7.80. The molecule has 1 heterocycles. The molecule has 1 aliphatic heterocycles. The number of rotatable bonds is 10. The molecule has 0 N–H and O–H groups in total. The van der Waals surface area contributed by atoms with Crippen LogP contribution in [0.3, 0.4) is 0 Å². The van der Waals surface area contributed by atoms with Crippen molar-refractivity contribution in [2.24, 2.45) is 0 Å². The first kappa shape index (κ1) is 28.7. The first-order valence-corrected chi connectivity index (χ1v) is 12.7. The molecule has 7 nitrogen and oxygen atoms in total. The Balaban J connectivity index is 2.21. The van der Waals surface area contributed by atoms with Gasteiger partial charge in [0.2, 0.25) is 5.91 Å². The van der Waals surface area contributed by atoms with Gasteiger partial charge in [-0.25, -0.2) is 0 Å². The van der Waals surface area contributed by atoms with Gasteiger partial charge in [0.1, 0.15) is 0 Å². The number of hydrogen-bond donors (Lipinski definition) is 1. The predicted octanol–water partition coefficient (Wildman–Crippen LogP) is 3.35. The van der Waals surface area contributed by atoms with Crippen molar-refractivity contribution in [3.05, 3.63) is 0 Å². The average Bonchev–Trinajstić information content (AvgIpc) is 2.77. The minimum Gasteiger partial charge on any atom is -0.377 e. The highest BCUT2D eigenvalue weighted by Crippen LogP contribution is 2.11. The number of ether oxygens (including phenoxy) is 5. The fourth-order valence-electron chi connectivity index (χ4n) is 3.30. The largest absolute Gasteiger partial charge is 0.377 e. The molecular formula is C23H45NO6S. The summed E-state index contributed by atoms with van der Waals surface area (Å²) in [5.74, 6) is 1.19. The normalized spacial score (nSPS) is 18.9. The molecule has 0 bridgehead atoms. The summed E-state index contributed by atoms with van der Waals surface area (Å²) in [6.07, 6.45) is 10.3. The summed E-state index contributed by atoms with van der Waals surface area (Å²) in [5.41, 5.74) is 0. The van der Waals surface area contributed by atoms with E-state index in [4.69, 9.17) is 23.7 Å². The Hall–Kier alpha value is -0.380. The maximum Gasteiger partial charge on any atom is 0.222 e. The summed E-state index contributed by atoms with van der Waals surface area (Å²) >= 11 is 4.25. The van der Waals surface area contributed by atoms with Gasteiger partial charge in [0.05, 0.1) is 66.1 Å². The first-order valence-electron chi connectivity index (χ1n) is 12.1. The van der Waals surface area contributed by atoms with Crippen molar-refractivity contribution in [1.29, 1.82) is 0 Å². The monoisotopic (exact) mass is 463 g/mol. The second-order valence-corrected chi connectivity index (χ2v) is 8.19. The van der Waals surface area contributed by atoms with Crippen molar-refractivity contribution in [3.8, 4) is 0 Å². The third-order valence-corrected chi connectivity index (χ3v) is 5.47. The van der Waals surface area contributed by atoms with Crippen LogP contribution in [0.2, 0.25) is 0 Å². The van der Waals surface area contributed by atoms with Crippen molar-refractivity contribution < 1.29 is 28.5 Å². The number of nitrogens with zero attached hydrogens (tertiary/aromatic N) is 1. The van der Waals surface area contributed by atoms with Gasteiger partial charge in [0, 0.05) is 19.5 Å². The highest BCUT2D eigenvalue weighted by atomic mass is 32.1. The summed E-state index contributed by atoms with van der Waals surface area (Å²) in [6.45, 7) is 6.53. The molecule has 0 aromatic carbocycles. The summed E-state index contributed by atoms with van der Waals surface area (Å²) in [5, 5.41) is 0. The molecule has 0 saturated carbocycles. The van der Waals surface area contributed by atoms with Crippen molar-refractivity contribution in [2.75, 3.05) is 84.9 Å². The lowest BCUT2D eigenvalue weighted by molar-refractivity contribution is -0.133. The summed E-state index contributed by atoms with van der Waals surface area (Å²) < 4.78 is 27.6. The van der Waals surface area contributed by atoms with E-state index in [1.807, 2.05) is 4.90 Å². The molecular weight excluding hydrogens is 418 g/mol. The lowest BCUT2D eigenvalue weighted by atomic mass is 10.1. The minimum atomic E-state index is 0.194. The highest BCUT2D eigenvalue weighted by Gasteiger charge is 2.13. The Morgan fingerprint density at radius 1 is 0.548 bits per heavy atom. The number of unbranched alkanes of at least 4 members (excludes halogenated alkanes) is 7. The molecule has 1 saturated heterocycles. The molecule has 0 aliphatic carbocycles. The van der Waals surface area contributed by atoms with Crippen LogP contribution in [-0.4, -0.2) is 95.7 Å². The Bertz CT molecular complexity index is 384. The average molecular weight is 464 g/mol. The number of carbonyl (C=O) groups excluding carboxylic acids is 1. The van der Waals surface area contributed by atoms with E-state index in [0.29, 0.717) is 85.6 Å². The van der Waals surface area contributed by atoms with Gasteiger partial charge in [0.25, 0.3) is 0 Å². The first-order chi connectivity index (χ1) is 15.3. The maximum absolute atomic E-state index is 12.7. The van der Waals surface area contributed by atoms with E-state index in [1.54, 1.807) is 0 Å². The SMILES string of the molecule is O=C(CCCCCCCCCCS)N1CCOCCOCCOCCOCCOCC1. The second-order valence-electron chi connectivity index (χ2n) is 7.74. The molecule has 0 spiro atoms. The van der Waals surface area contributed by atoms with Crippen molar-refractivity contribution in [1.82, 2.24) is 4.90 Å². The van der Waals surface area contributed by atoms with E-state index in [2.05, 4.69) is 12.6 Å². The number of thiol groups is 1. The fraction of sp³-hybridized carbons (Fsp3) is 0.957. The van der Waals surface area contributed by atoms with Crippen molar-refractivity contribution in [3.63, 3.8) is 0 Å². The summed E-state index contributed by atoms with van der Waals surface area (Å²) in [7, 11) is 0. The Kier molecular flexibility index (Phi) is 21.1. The molecule has 0 aromatic rings. The number of carbonyl (C=O) groups is 1. The zero-order valence-electron chi connectivity index (χ0n) is 19.4. The van der Waals surface area contributed by atoms with Gasteiger partial charge in [-0.3, -0.25) is 4.79 Å². The van der Waals surface area contributed by atoms with Crippen LogP contribution in [0.5, 0.6) is 0 Å². The molecule has 184 valence electrons. The molecule has 1 fully saturated rings. The van der Waals surface area contributed by atoms with Crippen LogP contribution in [0, 0.1) is 0 Å². The fourth-order valence-corrected chi connectivity index (χ4v) is 3.52. The van der Waals surface area contributed by atoms with E-state index < -0.39 is 0 Å². The third-order valence-electron chi connectivity index (χ3n) is 5.15. The van der Waals surface area contributed by atoms with Gasteiger partial charge in [0.15, 0.2) is 0 Å². The standard InChI is InChI=1S/C23H45NO6S/c25-23(9-7-5-3-1-2-4-6-8-22-31)24-10-12-26-14-16-28-18-20-30-21-19-29-17-15-27-13-11-24/h31H,1-22H2. The Morgan fingerprint density at radius 2 is 0.903 bits per heavy atom. The van der Waals surface area contributed by atoms with Crippen LogP contribution in [0.1, 0.15) is 57.8 Å². The zero-order chi connectivity index (χ0) is 22.2. The minimum absolute atomic E-state index is 0.194. The maximum atomic E-state index is 12.7. The lowest BCUT2D eigenvalue weighted by Gasteiger charge is -2.23. The molecule has 8 heteroatoms. The lowest BCUT2D eigenvalue weighted by Crippen LogP contribution is -2.37. The molecule has 0 radical (unpaired) electrons. The molecule has 1 rings (SSSR count). The van der Waals surface area contributed by atoms with Gasteiger partial charge >= 0.3 is 0 Å². The van der Waals surface area contributed by atoms with Gasteiger partial charge in [-0.2, -0.15) is 12.6 Å². The van der Waals surface area contributed by atoms with E-state index in [9.17, 15) is 4.79 Å². The smallest absolute Gasteiger partial charge is 0.222 e. The van der Waals surface area contributed by atoms with Gasteiger partial charge in [-0.15, -0.1) is 0 Å². The quantitative estimate of drug-likeness (QED) is 0.396. The van der Waals surface area contributed by atoms with Crippen LogP contribution in [0.4, 0.5) is 0 Å². The molecule has 0 aromatic heterocycles.